The summed E-state index contributed by atoms with van der Waals surface area (Å²) in [5, 5.41) is 64.0. The Labute approximate surface area is 161 Å². The van der Waals surface area contributed by atoms with Gasteiger partial charge in [-0.1, -0.05) is 0 Å². The summed E-state index contributed by atoms with van der Waals surface area (Å²) < 4.78 is 33.9. The lowest BCUT2D eigenvalue weighted by molar-refractivity contribution is -0.164. The standard InChI is InChI=1S/C10H20O17P2/c11-1-3(13)5(15)7(17)9(18)27-29(23,24)25-8(6(16)4(14)2-12)10(19)26-28(20,21)22/h3-8,11-17H,1-2H2,(H,23,24)(H2,20,21,22)/t3-,4-,5-,6-,7-,8-/m1/s1. The first kappa shape index (κ1) is 28.0. The Kier molecular flexibility index (Phi) is 11.0. The zero-order chi connectivity index (χ0) is 23.2. The first-order valence-corrected chi connectivity index (χ1v) is 10.2. The van der Waals surface area contributed by atoms with Gasteiger partial charge in [0.05, 0.1) is 13.2 Å². The van der Waals surface area contributed by atoms with Gasteiger partial charge in [-0.25, -0.2) is 18.7 Å². The van der Waals surface area contributed by atoms with Crippen LogP contribution in [-0.2, 0) is 32.3 Å². The minimum Gasteiger partial charge on any atom is -0.394 e. The number of carbonyl (C=O) groups is 2. The van der Waals surface area contributed by atoms with Gasteiger partial charge in [0.2, 0.25) is 0 Å². The molecule has 0 aliphatic carbocycles. The lowest BCUT2D eigenvalue weighted by atomic mass is 10.1. The van der Waals surface area contributed by atoms with Crippen LogP contribution in [0.25, 0.3) is 0 Å². The van der Waals surface area contributed by atoms with Crippen molar-refractivity contribution in [1.82, 2.24) is 0 Å². The molecule has 7 atom stereocenters. The van der Waals surface area contributed by atoms with Crippen LogP contribution in [0.4, 0.5) is 0 Å². The van der Waals surface area contributed by atoms with Gasteiger partial charge in [0.25, 0.3) is 0 Å². The second-order valence-corrected chi connectivity index (χ2v) is 7.73. The second-order valence-electron chi connectivity index (χ2n) is 5.23. The fourth-order valence-corrected chi connectivity index (χ4v) is 2.73. The predicted molar refractivity (Wildman–Crippen MR) is 83.1 cm³/mol. The van der Waals surface area contributed by atoms with Gasteiger partial charge in [0.1, 0.15) is 24.4 Å². The summed E-state index contributed by atoms with van der Waals surface area (Å²) in [6.45, 7) is -2.41. The van der Waals surface area contributed by atoms with Crippen LogP contribution in [0.15, 0.2) is 0 Å². The fourth-order valence-electron chi connectivity index (χ4n) is 1.51. The smallest absolute Gasteiger partial charge is 0.394 e. The topological polar surface area (TPSA) is 298 Å². The van der Waals surface area contributed by atoms with Crippen LogP contribution < -0.4 is 0 Å². The van der Waals surface area contributed by atoms with E-state index in [0.29, 0.717) is 0 Å². The molecule has 0 saturated heterocycles. The molecule has 0 fully saturated rings. The van der Waals surface area contributed by atoms with Crippen LogP contribution >= 0.6 is 15.6 Å². The maximum absolute atomic E-state index is 11.8. The molecule has 17 nitrogen and oxygen atoms in total. The summed E-state index contributed by atoms with van der Waals surface area (Å²) in [4.78, 5) is 49.8. The number of phosphoric ester groups is 2. The van der Waals surface area contributed by atoms with Crippen molar-refractivity contribution in [3.05, 3.63) is 0 Å². The summed E-state index contributed by atoms with van der Waals surface area (Å²) >= 11 is 0. The molecule has 0 aliphatic heterocycles. The molecule has 0 aliphatic rings. The normalized spacial score (nSPS) is 20.5. The molecule has 0 radical (unpaired) electrons. The maximum Gasteiger partial charge on any atom is 0.530 e. The quantitative estimate of drug-likeness (QED) is 0.118. The molecule has 10 N–H and O–H groups in total. The maximum atomic E-state index is 11.8. The SMILES string of the molecule is O=C(OP(=O)(O)O[C@@H](C(=O)OP(=O)(O)O)[C@H](O)[C@H](O)CO)[C@H](O)[C@H](O)[C@H](O)CO. The number of hydrogen-bond acceptors (Lipinski definition) is 14. The van der Waals surface area contributed by atoms with Crippen LogP contribution in [0.5, 0.6) is 0 Å². The molecule has 0 heterocycles. The first-order valence-electron chi connectivity index (χ1n) is 7.22. The Balaban J connectivity index is 5.47. The molecule has 0 aromatic rings. The number of aliphatic hydroxyl groups is 7. The summed E-state index contributed by atoms with van der Waals surface area (Å²) in [6, 6.07) is 0. The highest BCUT2D eigenvalue weighted by Gasteiger charge is 2.45. The van der Waals surface area contributed by atoms with Gasteiger partial charge >= 0.3 is 27.6 Å². The van der Waals surface area contributed by atoms with Crippen molar-refractivity contribution < 1.29 is 82.7 Å². The van der Waals surface area contributed by atoms with E-state index >= 15 is 0 Å². The van der Waals surface area contributed by atoms with Crippen molar-refractivity contribution in [2.24, 2.45) is 0 Å². The van der Waals surface area contributed by atoms with E-state index in [1.165, 1.54) is 0 Å². The highest BCUT2D eigenvalue weighted by atomic mass is 31.2. The molecule has 0 aromatic heterocycles. The molecule has 19 heteroatoms. The lowest BCUT2D eigenvalue weighted by Crippen LogP contribution is -2.46. The van der Waals surface area contributed by atoms with E-state index in [1.807, 2.05) is 0 Å². The van der Waals surface area contributed by atoms with E-state index < -0.39 is 77.4 Å². The van der Waals surface area contributed by atoms with Gasteiger partial charge in [0, 0.05) is 0 Å². The van der Waals surface area contributed by atoms with E-state index in [1.54, 1.807) is 0 Å². The molecule has 0 aromatic carbocycles. The van der Waals surface area contributed by atoms with Crippen LogP contribution in [0, 0.1) is 0 Å². The Hall–Kier alpha value is -1.04. The summed E-state index contributed by atoms with van der Waals surface area (Å²) in [6.07, 6.45) is -15.0. The Morgan fingerprint density at radius 1 is 0.759 bits per heavy atom. The summed E-state index contributed by atoms with van der Waals surface area (Å²) in [7, 11) is -11.4. The molecule has 0 bridgehead atoms. The summed E-state index contributed by atoms with van der Waals surface area (Å²) in [5.41, 5.74) is 0. The van der Waals surface area contributed by atoms with Gasteiger partial charge in [0.15, 0.2) is 12.2 Å². The van der Waals surface area contributed by atoms with Crippen molar-refractivity contribution in [3.8, 4) is 0 Å². The highest BCUT2D eigenvalue weighted by molar-refractivity contribution is 7.48. The third kappa shape index (κ3) is 9.54. The average molecular weight is 474 g/mol. The molecule has 1 unspecified atom stereocenters. The number of aliphatic hydroxyl groups excluding tert-OH is 7. The van der Waals surface area contributed by atoms with Gasteiger partial charge in [-0.3, -0.25) is 19.2 Å². The second kappa shape index (κ2) is 11.4. The van der Waals surface area contributed by atoms with Crippen LogP contribution in [-0.4, -0.2) is 112 Å². The van der Waals surface area contributed by atoms with Crippen molar-refractivity contribution in [3.63, 3.8) is 0 Å². The largest absolute Gasteiger partial charge is 0.530 e. The van der Waals surface area contributed by atoms with E-state index in [-0.39, 0.29) is 0 Å². The van der Waals surface area contributed by atoms with Crippen LogP contribution in [0.3, 0.4) is 0 Å². The molecule has 0 rings (SSSR count). The van der Waals surface area contributed by atoms with E-state index in [2.05, 4.69) is 13.6 Å². The van der Waals surface area contributed by atoms with E-state index in [9.17, 15) is 44.0 Å². The van der Waals surface area contributed by atoms with Crippen molar-refractivity contribution in [2.75, 3.05) is 13.2 Å². The Morgan fingerprint density at radius 3 is 1.62 bits per heavy atom. The third-order valence-corrected chi connectivity index (χ3v) is 4.25. The zero-order valence-corrected chi connectivity index (χ0v) is 15.9. The third-order valence-electron chi connectivity index (χ3n) is 2.93. The molecule has 0 amide bonds. The molecule has 29 heavy (non-hydrogen) atoms. The Bertz CT molecular complexity index is 646. The van der Waals surface area contributed by atoms with E-state index in [0.717, 1.165) is 0 Å². The highest BCUT2D eigenvalue weighted by Crippen LogP contribution is 2.47. The molecule has 0 saturated carbocycles. The monoisotopic (exact) mass is 474 g/mol. The number of rotatable bonds is 12. The van der Waals surface area contributed by atoms with Crippen LogP contribution in [0.2, 0.25) is 0 Å². The van der Waals surface area contributed by atoms with Gasteiger partial charge in [-0.15, -0.1) is 0 Å². The molecular formula is C10H20O17P2. The van der Waals surface area contributed by atoms with Gasteiger partial charge in [-0.2, -0.15) is 0 Å². The average Bonchev–Trinajstić information content (AvgIpc) is 2.60. The predicted octanol–water partition coefficient (Wildman–Crippen LogP) is -5.56. The van der Waals surface area contributed by atoms with Crippen molar-refractivity contribution >= 4 is 27.6 Å². The lowest BCUT2D eigenvalue weighted by Gasteiger charge is -2.26. The van der Waals surface area contributed by atoms with Gasteiger partial charge < -0.3 is 44.8 Å². The minimum absolute atomic E-state index is 1.14. The number of hydrogen-bond donors (Lipinski definition) is 10. The van der Waals surface area contributed by atoms with Gasteiger partial charge in [-0.05, 0) is 0 Å². The van der Waals surface area contributed by atoms with Crippen molar-refractivity contribution in [1.29, 1.82) is 0 Å². The minimum atomic E-state index is -5.83. The molecule has 0 spiro atoms. The zero-order valence-electron chi connectivity index (χ0n) is 14.1. The number of phosphoric acid groups is 2. The Morgan fingerprint density at radius 2 is 1.21 bits per heavy atom. The summed E-state index contributed by atoms with van der Waals surface area (Å²) in [5.74, 6) is -4.35. The molecule has 172 valence electrons. The van der Waals surface area contributed by atoms with Crippen LogP contribution in [0.1, 0.15) is 0 Å². The van der Waals surface area contributed by atoms with E-state index in [4.69, 9.17) is 25.1 Å². The molecular weight excluding hydrogens is 454 g/mol. The van der Waals surface area contributed by atoms with Crippen molar-refractivity contribution in [2.45, 2.75) is 36.6 Å². The fraction of sp³-hybridized carbons (Fsp3) is 0.800. The number of carbonyl (C=O) groups excluding carboxylic acids is 2. The first-order chi connectivity index (χ1) is 13.1.